The second-order valence-corrected chi connectivity index (χ2v) is 8.10. The van der Waals surface area contributed by atoms with E-state index in [4.69, 9.17) is 4.99 Å². The number of hydrogen-bond donors (Lipinski definition) is 1. The maximum atomic E-state index is 4.74. The van der Waals surface area contributed by atoms with Gasteiger partial charge in [-0.3, -0.25) is 0 Å². The molecular formula is C25H28N4. The molecule has 1 aliphatic carbocycles. The fraction of sp³-hybridized carbons (Fsp3) is 0.280. The van der Waals surface area contributed by atoms with E-state index in [1.807, 2.05) is 19.9 Å². The molecule has 0 bridgehead atoms. The van der Waals surface area contributed by atoms with Gasteiger partial charge in [0.05, 0.1) is 11.4 Å². The molecule has 4 heteroatoms. The molecule has 0 saturated carbocycles. The first-order valence-corrected chi connectivity index (χ1v) is 10.0. The molecule has 4 rings (SSSR count). The van der Waals surface area contributed by atoms with Gasteiger partial charge < -0.3 is 10.2 Å². The second-order valence-electron chi connectivity index (χ2n) is 8.10. The van der Waals surface area contributed by atoms with Crippen LogP contribution in [0.2, 0.25) is 0 Å². The van der Waals surface area contributed by atoms with Gasteiger partial charge in [0.1, 0.15) is 0 Å². The fourth-order valence-corrected chi connectivity index (χ4v) is 3.95. The summed E-state index contributed by atoms with van der Waals surface area (Å²) < 4.78 is 0. The third kappa shape index (κ3) is 3.63. The maximum Gasteiger partial charge on any atom is 0.231 e. The van der Waals surface area contributed by atoms with E-state index in [1.54, 1.807) is 0 Å². The van der Waals surface area contributed by atoms with Crippen LogP contribution in [-0.4, -0.2) is 23.1 Å². The molecule has 1 atom stereocenters. The fourth-order valence-electron chi connectivity index (χ4n) is 3.95. The van der Waals surface area contributed by atoms with Crippen molar-refractivity contribution in [1.82, 2.24) is 10.2 Å². The second kappa shape index (κ2) is 7.36. The topological polar surface area (TPSA) is 40.0 Å². The first kappa shape index (κ1) is 19.2. The first-order chi connectivity index (χ1) is 13.8. The summed E-state index contributed by atoms with van der Waals surface area (Å²) >= 11 is 0. The van der Waals surface area contributed by atoms with E-state index < -0.39 is 0 Å². The zero-order valence-corrected chi connectivity index (χ0v) is 17.5. The standard InChI is InChI=1S/C25H28N4/c1-15(2)24-13-23(28-25-27-17(4)9-10-29(24)25)19(6)26-14-20-7-8-21-11-16(3)18(5)22(21)12-20/h7-9,12-13,18,26H,1,3,6,10-11,14H2,2,4-5H3. The molecule has 0 aromatic heterocycles. The van der Waals surface area contributed by atoms with Crippen molar-refractivity contribution in [2.24, 2.45) is 9.98 Å². The van der Waals surface area contributed by atoms with Crippen LogP contribution in [0.15, 0.2) is 88.3 Å². The molecule has 0 saturated heterocycles. The SMILES string of the molecule is C=C(C)C1=CC(C(=C)NCc2ccc3c(c2)C(C)C(=C)C3)=NC2=NC(C)=CCN12. The van der Waals surface area contributed by atoms with E-state index in [-0.39, 0.29) is 0 Å². The predicted octanol–water partition coefficient (Wildman–Crippen LogP) is 5.00. The Morgan fingerprint density at radius 2 is 2.07 bits per heavy atom. The third-order valence-corrected chi connectivity index (χ3v) is 5.83. The van der Waals surface area contributed by atoms with Crippen molar-refractivity contribution in [2.75, 3.05) is 6.54 Å². The van der Waals surface area contributed by atoms with Crippen LogP contribution in [0.1, 0.15) is 43.4 Å². The molecule has 29 heavy (non-hydrogen) atoms. The normalized spacial score (nSPS) is 20.2. The Kier molecular flexibility index (Phi) is 4.87. The van der Waals surface area contributed by atoms with Gasteiger partial charge in [0, 0.05) is 30.4 Å². The number of fused-ring (bicyclic) bond motifs is 2. The maximum absolute atomic E-state index is 4.74. The van der Waals surface area contributed by atoms with Gasteiger partial charge in [-0.2, -0.15) is 0 Å². The summed E-state index contributed by atoms with van der Waals surface area (Å²) in [7, 11) is 0. The molecule has 2 aliphatic heterocycles. The molecule has 1 N–H and O–H groups in total. The first-order valence-electron chi connectivity index (χ1n) is 10.0. The Morgan fingerprint density at radius 1 is 1.28 bits per heavy atom. The van der Waals surface area contributed by atoms with Crippen molar-refractivity contribution in [3.8, 4) is 0 Å². The molecule has 148 valence electrons. The summed E-state index contributed by atoms with van der Waals surface area (Å²) in [6.45, 7) is 20.2. The summed E-state index contributed by atoms with van der Waals surface area (Å²) in [5.74, 6) is 1.14. The smallest absolute Gasteiger partial charge is 0.231 e. The summed E-state index contributed by atoms with van der Waals surface area (Å²) in [6, 6.07) is 6.70. The molecule has 1 aromatic carbocycles. The zero-order valence-electron chi connectivity index (χ0n) is 17.5. The van der Waals surface area contributed by atoms with E-state index in [0.29, 0.717) is 18.4 Å². The van der Waals surface area contributed by atoms with E-state index in [2.05, 4.69) is 66.1 Å². The van der Waals surface area contributed by atoms with Crippen molar-refractivity contribution in [1.29, 1.82) is 0 Å². The number of rotatable bonds is 5. The Bertz CT molecular complexity index is 1050. The van der Waals surface area contributed by atoms with Gasteiger partial charge in [-0.05, 0) is 54.7 Å². The van der Waals surface area contributed by atoms with Crippen LogP contribution in [0.3, 0.4) is 0 Å². The molecule has 3 aliphatic rings. The van der Waals surface area contributed by atoms with Gasteiger partial charge in [0.25, 0.3) is 0 Å². The minimum Gasteiger partial charge on any atom is -0.380 e. The van der Waals surface area contributed by atoms with Crippen LogP contribution < -0.4 is 5.32 Å². The van der Waals surface area contributed by atoms with Crippen molar-refractivity contribution in [3.05, 3.63) is 95.0 Å². The number of nitrogens with one attached hydrogen (secondary N) is 1. The molecule has 1 unspecified atom stereocenters. The summed E-state index contributed by atoms with van der Waals surface area (Å²) in [5, 5.41) is 3.44. The molecule has 0 spiro atoms. The molecule has 0 fully saturated rings. The Morgan fingerprint density at radius 3 is 2.83 bits per heavy atom. The number of benzene rings is 1. The highest BCUT2D eigenvalue weighted by atomic mass is 15.3. The van der Waals surface area contributed by atoms with Crippen LogP contribution in [0.5, 0.6) is 0 Å². The van der Waals surface area contributed by atoms with E-state index in [0.717, 1.165) is 41.3 Å². The van der Waals surface area contributed by atoms with Gasteiger partial charge in [-0.25, -0.2) is 9.98 Å². The van der Waals surface area contributed by atoms with E-state index in [1.165, 1.54) is 22.3 Å². The van der Waals surface area contributed by atoms with Crippen LogP contribution in [0.4, 0.5) is 0 Å². The van der Waals surface area contributed by atoms with Crippen LogP contribution in [-0.2, 0) is 13.0 Å². The van der Waals surface area contributed by atoms with Crippen molar-refractivity contribution in [3.63, 3.8) is 0 Å². The number of nitrogens with zero attached hydrogens (tertiary/aromatic N) is 3. The molecular weight excluding hydrogens is 356 g/mol. The van der Waals surface area contributed by atoms with Crippen LogP contribution in [0, 0.1) is 0 Å². The molecule has 0 amide bonds. The van der Waals surface area contributed by atoms with Crippen molar-refractivity contribution in [2.45, 2.75) is 39.7 Å². The number of aliphatic imine (C=N–C) groups is 2. The summed E-state index contributed by atoms with van der Waals surface area (Å²) in [4.78, 5) is 11.4. The van der Waals surface area contributed by atoms with Gasteiger partial charge in [-0.15, -0.1) is 0 Å². The van der Waals surface area contributed by atoms with E-state index in [9.17, 15) is 0 Å². The number of hydrogen-bond acceptors (Lipinski definition) is 4. The monoisotopic (exact) mass is 384 g/mol. The van der Waals surface area contributed by atoms with Gasteiger partial charge in [0.2, 0.25) is 5.96 Å². The van der Waals surface area contributed by atoms with Crippen molar-refractivity contribution < 1.29 is 0 Å². The molecule has 0 radical (unpaired) electrons. The lowest BCUT2D eigenvalue weighted by molar-refractivity contribution is 0.557. The minimum absolute atomic E-state index is 0.434. The summed E-state index contributed by atoms with van der Waals surface area (Å²) in [6.07, 6.45) is 5.13. The Labute approximate surface area is 173 Å². The highest BCUT2D eigenvalue weighted by molar-refractivity contribution is 6.15. The third-order valence-electron chi connectivity index (χ3n) is 5.83. The minimum atomic E-state index is 0.434. The number of guanidine groups is 1. The summed E-state index contributed by atoms with van der Waals surface area (Å²) in [5.41, 5.74) is 9.92. The average molecular weight is 385 g/mol. The molecule has 2 heterocycles. The highest BCUT2D eigenvalue weighted by Gasteiger charge is 2.25. The van der Waals surface area contributed by atoms with Gasteiger partial charge in [0.15, 0.2) is 0 Å². The Balaban J connectivity index is 1.52. The predicted molar refractivity (Wildman–Crippen MR) is 122 cm³/mol. The van der Waals surface area contributed by atoms with Gasteiger partial charge >= 0.3 is 0 Å². The lowest BCUT2D eigenvalue weighted by Gasteiger charge is -2.31. The van der Waals surface area contributed by atoms with E-state index >= 15 is 0 Å². The quantitative estimate of drug-likeness (QED) is 0.726. The van der Waals surface area contributed by atoms with Crippen molar-refractivity contribution >= 4 is 11.7 Å². The highest BCUT2D eigenvalue weighted by Crippen LogP contribution is 2.36. The Hall–Kier alpha value is -3.14. The largest absolute Gasteiger partial charge is 0.380 e. The number of allylic oxidation sites excluding steroid dienone is 4. The zero-order chi connectivity index (χ0) is 20.7. The molecule has 4 nitrogen and oxygen atoms in total. The lowest BCUT2D eigenvalue weighted by atomic mass is 9.99. The lowest BCUT2D eigenvalue weighted by Crippen LogP contribution is -2.37. The molecule has 1 aromatic rings. The average Bonchev–Trinajstić information content (AvgIpc) is 2.98. The van der Waals surface area contributed by atoms with Crippen LogP contribution >= 0.6 is 0 Å². The van der Waals surface area contributed by atoms with Crippen LogP contribution in [0.25, 0.3) is 0 Å². The van der Waals surface area contributed by atoms with Gasteiger partial charge in [-0.1, -0.05) is 50.4 Å².